The van der Waals surface area contributed by atoms with Gasteiger partial charge in [0, 0.05) is 20.0 Å². The molecule has 8 heteroatoms. The highest BCUT2D eigenvalue weighted by atomic mass is 16.7. The third-order valence-corrected chi connectivity index (χ3v) is 7.53. The summed E-state index contributed by atoms with van der Waals surface area (Å²) in [4.78, 5) is 25.2. The van der Waals surface area contributed by atoms with Gasteiger partial charge in [0.15, 0.2) is 18.5 Å². The number of esters is 2. The molecule has 0 aromatic heterocycles. The Hall–Kier alpha value is -1.22. The van der Waals surface area contributed by atoms with Gasteiger partial charge in [-0.25, -0.2) is 0 Å². The van der Waals surface area contributed by atoms with Crippen molar-refractivity contribution in [2.75, 3.05) is 13.7 Å². The Morgan fingerprint density at radius 1 is 0.641 bits per heavy atom. The smallest absolute Gasteiger partial charge is 0.306 e. The summed E-state index contributed by atoms with van der Waals surface area (Å²) in [5.41, 5.74) is 0. The van der Waals surface area contributed by atoms with Crippen LogP contribution in [0.15, 0.2) is 0 Å². The summed E-state index contributed by atoms with van der Waals surface area (Å²) in [6.45, 7) is 3.94. The second-order valence-corrected chi connectivity index (χ2v) is 11.0. The van der Waals surface area contributed by atoms with Gasteiger partial charge in [-0.1, -0.05) is 117 Å². The number of hydrogen-bond acceptors (Lipinski definition) is 8. The van der Waals surface area contributed by atoms with E-state index in [1.165, 1.54) is 84.2 Å². The number of ether oxygens (including phenoxy) is 4. The van der Waals surface area contributed by atoms with E-state index in [1.54, 1.807) is 0 Å². The zero-order chi connectivity index (χ0) is 28.7. The van der Waals surface area contributed by atoms with Crippen LogP contribution in [0.25, 0.3) is 0 Å². The lowest BCUT2D eigenvalue weighted by atomic mass is 9.98. The molecule has 1 fully saturated rings. The molecule has 1 aliphatic heterocycles. The first-order valence-corrected chi connectivity index (χ1v) is 15.8. The molecule has 0 saturated carbocycles. The molecule has 1 heterocycles. The van der Waals surface area contributed by atoms with E-state index in [4.69, 9.17) is 18.9 Å². The second kappa shape index (κ2) is 23.5. The summed E-state index contributed by atoms with van der Waals surface area (Å²) in [5.74, 6) is -0.904. The fourth-order valence-electron chi connectivity index (χ4n) is 5.07. The summed E-state index contributed by atoms with van der Waals surface area (Å²) in [6.07, 6.45) is 15.3. The van der Waals surface area contributed by atoms with E-state index in [0.29, 0.717) is 12.8 Å². The zero-order valence-corrected chi connectivity index (χ0v) is 25.1. The molecule has 0 radical (unpaired) electrons. The Bertz CT molecular complexity index is 613. The van der Waals surface area contributed by atoms with Crippen molar-refractivity contribution in [2.24, 2.45) is 0 Å². The summed E-state index contributed by atoms with van der Waals surface area (Å²) in [6, 6.07) is 0. The molecule has 39 heavy (non-hydrogen) atoms. The lowest BCUT2D eigenvalue weighted by Gasteiger charge is -2.42. The van der Waals surface area contributed by atoms with Gasteiger partial charge in [0.05, 0.1) is 6.61 Å². The van der Waals surface area contributed by atoms with Gasteiger partial charge in [-0.15, -0.1) is 0 Å². The van der Waals surface area contributed by atoms with Crippen LogP contribution in [-0.2, 0) is 28.5 Å². The lowest BCUT2D eigenvalue weighted by molar-refractivity contribution is -0.300. The maximum Gasteiger partial charge on any atom is 0.306 e. The highest BCUT2D eigenvalue weighted by Crippen LogP contribution is 2.28. The highest BCUT2D eigenvalue weighted by Gasteiger charge is 2.49. The number of carbonyl (C=O) groups excluding carboxylic acids is 2. The minimum Gasteiger partial charge on any atom is -0.455 e. The first-order valence-electron chi connectivity index (χ1n) is 15.8. The van der Waals surface area contributed by atoms with Crippen molar-refractivity contribution in [3.8, 4) is 0 Å². The molecule has 0 amide bonds. The van der Waals surface area contributed by atoms with Gasteiger partial charge in [-0.3, -0.25) is 9.59 Å². The molecule has 0 aliphatic carbocycles. The quantitative estimate of drug-likeness (QED) is 0.104. The van der Waals surface area contributed by atoms with E-state index in [2.05, 4.69) is 13.8 Å². The van der Waals surface area contributed by atoms with Crippen molar-refractivity contribution in [2.45, 2.75) is 173 Å². The molecular weight excluding hydrogens is 500 g/mol. The second-order valence-electron chi connectivity index (χ2n) is 11.0. The van der Waals surface area contributed by atoms with Crippen molar-refractivity contribution in [1.82, 2.24) is 0 Å². The van der Waals surface area contributed by atoms with Crippen molar-refractivity contribution in [3.63, 3.8) is 0 Å². The predicted molar refractivity (Wildman–Crippen MR) is 152 cm³/mol. The van der Waals surface area contributed by atoms with Crippen LogP contribution in [-0.4, -0.2) is 66.6 Å². The molecule has 8 nitrogen and oxygen atoms in total. The van der Waals surface area contributed by atoms with E-state index < -0.39 is 49.3 Å². The molecule has 1 unspecified atom stereocenters. The molecule has 1 saturated heterocycles. The topological polar surface area (TPSA) is 112 Å². The minimum atomic E-state index is -1.33. The molecule has 1 aliphatic rings. The molecule has 0 aromatic rings. The van der Waals surface area contributed by atoms with Crippen LogP contribution < -0.4 is 0 Å². The number of aliphatic hydroxyl groups excluding tert-OH is 2. The van der Waals surface area contributed by atoms with Crippen molar-refractivity contribution >= 4 is 11.9 Å². The van der Waals surface area contributed by atoms with E-state index in [0.717, 1.165) is 25.7 Å². The van der Waals surface area contributed by atoms with Crippen LogP contribution in [0.1, 0.15) is 142 Å². The van der Waals surface area contributed by atoms with Crippen LogP contribution in [0, 0.1) is 0 Å². The SMILES string of the molecule is CCCCCCCCCCCC(=O)O[C@H]1[C@H](O)[C@@H](CO)OC(OC)[C@@H]1OC(=O)CCCCCCCCCCC. The van der Waals surface area contributed by atoms with Crippen molar-refractivity contribution < 1.29 is 38.7 Å². The standard InChI is InChI=1S/C31H58O8/c1-4-6-8-10-12-14-16-18-20-22-26(33)38-29-28(35)25(24-32)37-31(36-3)30(29)39-27(34)23-21-19-17-15-13-11-9-7-5-2/h25,28-32,35H,4-24H2,1-3H3/t25-,28-,29+,30-,31?/m1/s1. The first kappa shape index (κ1) is 35.8. The molecule has 0 aromatic carbocycles. The summed E-state index contributed by atoms with van der Waals surface area (Å²) in [7, 11) is 1.39. The van der Waals surface area contributed by atoms with Gasteiger partial charge < -0.3 is 29.2 Å². The van der Waals surface area contributed by atoms with E-state index in [-0.39, 0.29) is 12.8 Å². The van der Waals surface area contributed by atoms with E-state index in [9.17, 15) is 19.8 Å². The van der Waals surface area contributed by atoms with Crippen LogP contribution in [0.2, 0.25) is 0 Å². The molecular formula is C31H58O8. The van der Waals surface area contributed by atoms with Gasteiger partial charge in [0.1, 0.15) is 12.2 Å². The van der Waals surface area contributed by atoms with Crippen LogP contribution in [0.4, 0.5) is 0 Å². The summed E-state index contributed by atoms with van der Waals surface area (Å²) >= 11 is 0. The number of unbranched alkanes of at least 4 members (excludes halogenated alkanes) is 16. The molecule has 0 spiro atoms. The number of hydrogen-bond donors (Lipinski definition) is 2. The van der Waals surface area contributed by atoms with Crippen molar-refractivity contribution in [3.05, 3.63) is 0 Å². The molecule has 0 bridgehead atoms. The fourth-order valence-corrected chi connectivity index (χ4v) is 5.07. The Labute approximate surface area is 237 Å². The predicted octanol–water partition coefficient (Wildman–Crippen LogP) is 6.38. The van der Waals surface area contributed by atoms with E-state index >= 15 is 0 Å². The van der Waals surface area contributed by atoms with Gasteiger partial charge in [0.25, 0.3) is 0 Å². The van der Waals surface area contributed by atoms with Crippen LogP contribution in [0.5, 0.6) is 0 Å². The number of carbonyl (C=O) groups is 2. The van der Waals surface area contributed by atoms with Crippen molar-refractivity contribution in [1.29, 1.82) is 0 Å². The fraction of sp³-hybridized carbons (Fsp3) is 0.935. The van der Waals surface area contributed by atoms with Crippen LogP contribution in [0.3, 0.4) is 0 Å². The maximum absolute atomic E-state index is 12.6. The average molecular weight is 559 g/mol. The molecule has 2 N–H and O–H groups in total. The molecule has 1 rings (SSSR count). The summed E-state index contributed by atoms with van der Waals surface area (Å²) in [5, 5.41) is 20.4. The zero-order valence-electron chi connectivity index (χ0n) is 25.1. The van der Waals surface area contributed by atoms with Gasteiger partial charge >= 0.3 is 11.9 Å². The van der Waals surface area contributed by atoms with Gasteiger partial charge in [-0.2, -0.15) is 0 Å². The molecule has 230 valence electrons. The van der Waals surface area contributed by atoms with Gasteiger partial charge in [-0.05, 0) is 12.8 Å². The summed E-state index contributed by atoms with van der Waals surface area (Å²) < 4.78 is 22.2. The Kier molecular flexibility index (Phi) is 21.6. The molecule has 5 atom stereocenters. The Balaban J connectivity index is 2.47. The Morgan fingerprint density at radius 2 is 1.03 bits per heavy atom. The van der Waals surface area contributed by atoms with E-state index in [1.807, 2.05) is 0 Å². The van der Waals surface area contributed by atoms with Gasteiger partial charge in [0.2, 0.25) is 0 Å². The van der Waals surface area contributed by atoms with Crippen LogP contribution >= 0.6 is 0 Å². The third kappa shape index (κ3) is 16.0. The average Bonchev–Trinajstić information content (AvgIpc) is 2.93. The normalized spacial score (nSPS) is 23.1. The Morgan fingerprint density at radius 3 is 1.41 bits per heavy atom. The number of methoxy groups -OCH3 is 1. The largest absolute Gasteiger partial charge is 0.455 e. The number of aliphatic hydroxyl groups is 2. The third-order valence-electron chi connectivity index (χ3n) is 7.53. The maximum atomic E-state index is 12.6. The lowest BCUT2D eigenvalue weighted by Crippen LogP contribution is -2.61. The monoisotopic (exact) mass is 558 g/mol. The first-order chi connectivity index (χ1) is 19.0. The highest BCUT2D eigenvalue weighted by molar-refractivity contribution is 5.70. The number of rotatable bonds is 24. The minimum absolute atomic E-state index is 0.223.